The van der Waals surface area contributed by atoms with Gasteiger partial charge in [0.2, 0.25) is 0 Å². The minimum atomic E-state index is -0.783. The number of aliphatic hydroxyl groups is 1. The quantitative estimate of drug-likeness (QED) is 0.889. The highest BCUT2D eigenvalue weighted by Crippen LogP contribution is 2.47. The van der Waals surface area contributed by atoms with Gasteiger partial charge in [-0.15, -0.1) is 0 Å². The summed E-state index contributed by atoms with van der Waals surface area (Å²) in [7, 11) is 0. The standard InChI is InChI=1S/C13H19BrO2/c1-9(2)10-5-3-4-7-13(10,15)12-11(14)6-8-16-12/h6,8-10,15H,3-5,7H2,1-2H3. The fraction of sp³-hybridized carbons (Fsp3) is 0.692. The minimum absolute atomic E-state index is 0.295. The Morgan fingerprint density at radius 3 is 2.81 bits per heavy atom. The van der Waals surface area contributed by atoms with Crippen LogP contribution < -0.4 is 0 Å². The van der Waals surface area contributed by atoms with E-state index in [1.54, 1.807) is 6.26 Å². The van der Waals surface area contributed by atoms with E-state index in [1.165, 1.54) is 6.42 Å². The Hall–Kier alpha value is -0.280. The molecule has 1 aromatic rings. The molecule has 1 heterocycles. The summed E-state index contributed by atoms with van der Waals surface area (Å²) in [6.45, 7) is 4.36. The van der Waals surface area contributed by atoms with Crippen LogP contribution in [0.25, 0.3) is 0 Å². The average Bonchev–Trinajstić information content (AvgIpc) is 2.65. The van der Waals surface area contributed by atoms with E-state index in [4.69, 9.17) is 4.42 Å². The molecule has 2 atom stereocenters. The summed E-state index contributed by atoms with van der Waals surface area (Å²) in [5, 5.41) is 10.9. The molecule has 1 aromatic heterocycles. The normalized spacial score (nSPS) is 30.9. The van der Waals surface area contributed by atoms with Gasteiger partial charge >= 0.3 is 0 Å². The van der Waals surface area contributed by atoms with Crippen molar-refractivity contribution in [3.05, 3.63) is 22.6 Å². The van der Waals surface area contributed by atoms with Gasteiger partial charge in [0.15, 0.2) is 0 Å². The van der Waals surface area contributed by atoms with Gasteiger partial charge in [-0.25, -0.2) is 0 Å². The third kappa shape index (κ3) is 1.95. The summed E-state index contributed by atoms with van der Waals surface area (Å²) in [5.41, 5.74) is -0.783. The molecule has 1 aliphatic carbocycles. The molecular formula is C13H19BrO2. The van der Waals surface area contributed by atoms with Gasteiger partial charge in [0, 0.05) is 0 Å². The first-order valence-electron chi connectivity index (χ1n) is 6.01. The van der Waals surface area contributed by atoms with Gasteiger partial charge in [0.25, 0.3) is 0 Å². The first-order chi connectivity index (χ1) is 7.55. The van der Waals surface area contributed by atoms with Gasteiger partial charge in [-0.05, 0) is 46.7 Å². The highest BCUT2D eigenvalue weighted by Gasteiger charge is 2.45. The van der Waals surface area contributed by atoms with E-state index in [-0.39, 0.29) is 0 Å². The summed E-state index contributed by atoms with van der Waals surface area (Å²) >= 11 is 3.46. The van der Waals surface area contributed by atoms with Crippen molar-refractivity contribution < 1.29 is 9.52 Å². The molecule has 2 nitrogen and oxygen atoms in total. The Balaban J connectivity index is 2.37. The molecule has 2 unspecified atom stereocenters. The van der Waals surface area contributed by atoms with Crippen molar-refractivity contribution in [3.8, 4) is 0 Å². The first-order valence-corrected chi connectivity index (χ1v) is 6.81. The minimum Gasteiger partial charge on any atom is -0.465 e. The van der Waals surface area contributed by atoms with Gasteiger partial charge in [-0.3, -0.25) is 0 Å². The van der Waals surface area contributed by atoms with Crippen LogP contribution in [0.1, 0.15) is 45.3 Å². The van der Waals surface area contributed by atoms with Crippen molar-refractivity contribution >= 4 is 15.9 Å². The van der Waals surface area contributed by atoms with Gasteiger partial charge < -0.3 is 9.52 Å². The molecule has 3 heteroatoms. The molecule has 2 rings (SSSR count). The van der Waals surface area contributed by atoms with Gasteiger partial charge in [0.05, 0.1) is 10.7 Å². The maximum absolute atomic E-state index is 10.9. The second kappa shape index (κ2) is 4.53. The molecule has 1 N–H and O–H groups in total. The second-order valence-corrected chi connectivity index (χ2v) is 5.97. The maximum atomic E-state index is 10.9. The Morgan fingerprint density at radius 1 is 1.50 bits per heavy atom. The van der Waals surface area contributed by atoms with Crippen LogP contribution in [0.5, 0.6) is 0 Å². The topological polar surface area (TPSA) is 33.4 Å². The lowest BCUT2D eigenvalue weighted by Crippen LogP contribution is -2.40. The molecule has 0 aromatic carbocycles. The predicted molar refractivity (Wildman–Crippen MR) is 67.1 cm³/mol. The van der Waals surface area contributed by atoms with Gasteiger partial charge in [-0.2, -0.15) is 0 Å². The van der Waals surface area contributed by atoms with Crippen molar-refractivity contribution in [1.29, 1.82) is 0 Å². The van der Waals surface area contributed by atoms with Crippen molar-refractivity contribution in [3.63, 3.8) is 0 Å². The van der Waals surface area contributed by atoms with Crippen LogP contribution in [-0.2, 0) is 5.60 Å². The summed E-state index contributed by atoms with van der Waals surface area (Å²) in [4.78, 5) is 0. The third-order valence-electron chi connectivity index (χ3n) is 3.75. The van der Waals surface area contributed by atoms with Gasteiger partial charge in [-0.1, -0.05) is 26.7 Å². The lowest BCUT2D eigenvalue weighted by Gasteiger charge is -2.41. The van der Waals surface area contributed by atoms with E-state index in [0.29, 0.717) is 17.6 Å². The molecule has 1 saturated carbocycles. The van der Waals surface area contributed by atoms with E-state index in [0.717, 1.165) is 23.7 Å². The molecule has 0 amide bonds. The van der Waals surface area contributed by atoms with Crippen molar-refractivity contribution in [1.82, 2.24) is 0 Å². The van der Waals surface area contributed by atoms with E-state index >= 15 is 0 Å². The van der Waals surface area contributed by atoms with E-state index in [2.05, 4.69) is 29.8 Å². The van der Waals surface area contributed by atoms with Crippen LogP contribution in [0.3, 0.4) is 0 Å². The Kier molecular flexibility index (Phi) is 3.45. The number of hydrogen-bond acceptors (Lipinski definition) is 2. The fourth-order valence-electron chi connectivity index (χ4n) is 2.95. The van der Waals surface area contributed by atoms with Crippen LogP contribution >= 0.6 is 15.9 Å². The molecule has 16 heavy (non-hydrogen) atoms. The summed E-state index contributed by atoms with van der Waals surface area (Å²) in [5.74, 6) is 1.48. The molecule has 0 radical (unpaired) electrons. The molecule has 0 aliphatic heterocycles. The Morgan fingerprint density at radius 2 is 2.25 bits per heavy atom. The van der Waals surface area contributed by atoms with Crippen LogP contribution in [-0.4, -0.2) is 5.11 Å². The average molecular weight is 287 g/mol. The zero-order valence-electron chi connectivity index (χ0n) is 9.87. The molecule has 0 saturated heterocycles. The zero-order chi connectivity index (χ0) is 11.8. The van der Waals surface area contributed by atoms with Crippen molar-refractivity contribution in [2.24, 2.45) is 11.8 Å². The molecule has 1 fully saturated rings. The monoisotopic (exact) mass is 286 g/mol. The predicted octanol–water partition coefficient (Wildman–Crippen LogP) is 4.08. The maximum Gasteiger partial charge on any atom is 0.149 e. The van der Waals surface area contributed by atoms with E-state index < -0.39 is 5.60 Å². The fourth-order valence-corrected chi connectivity index (χ4v) is 3.50. The molecule has 90 valence electrons. The second-order valence-electron chi connectivity index (χ2n) is 5.12. The SMILES string of the molecule is CC(C)C1CCCCC1(O)c1occc1Br. The van der Waals surface area contributed by atoms with Crippen LogP contribution in [0.4, 0.5) is 0 Å². The third-order valence-corrected chi connectivity index (χ3v) is 4.38. The first kappa shape index (κ1) is 12.2. The van der Waals surface area contributed by atoms with E-state index in [1.807, 2.05) is 6.07 Å². The van der Waals surface area contributed by atoms with Crippen LogP contribution in [0.2, 0.25) is 0 Å². The highest BCUT2D eigenvalue weighted by atomic mass is 79.9. The lowest BCUT2D eigenvalue weighted by molar-refractivity contribution is -0.0877. The Bertz CT molecular complexity index is 359. The number of rotatable bonds is 2. The number of halogens is 1. The highest BCUT2D eigenvalue weighted by molar-refractivity contribution is 9.10. The lowest BCUT2D eigenvalue weighted by atomic mass is 9.69. The van der Waals surface area contributed by atoms with Gasteiger partial charge in [0.1, 0.15) is 11.4 Å². The smallest absolute Gasteiger partial charge is 0.149 e. The van der Waals surface area contributed by atoms with Crippen LogP contribution in [0, 0.1) is 11.8 Å². The number of hydrogen-bond donors (Lipinski definition) is 1. The molecule has 1 aliphatic rings. The zero-order valence-corrected chi connectivity index (χ0v) is 11.5. The molecule has 0 bridgehead atoms. The summed E-state index contributed by atoms with van der Waals surface area (Å²) in [6, 6.07) is 1.86. The van der Waals surface area contributed by atoms with Crippen LogP contribution in [0.15, 0.2) is 21.2 Å². The number of furan rings is 1. The summed E-state index contributed by atoms with van der Waals surface area (Å²) < 4.78 is 6.38. The summed E-state index contributed by atoms with van der Waals surface area (Å²) in [6.07, 6.45) is 5.82. The molecular weight excluding hydrogens is 268 g/mol. The van der Waals surface area contributed by atoms with Crippen molar-refractivity contribution in [2.75, 3.05) is 0 Å². The largest absolute Gasteiger partial charge is 0.465 e. The van der Waals surface area contributed by atoms with E-state index in [9.17, 15) is 5.11 Å². The Labute approximate surface area is 105 Å². The van der Waals surface area contributed by atoms with Crippen molar-refractivity contribution in [2.45, 2.75) is 45.1 Å². The molecule has 0 spiro atoms.